The van der Waals surface area contributed by atoms with Gasteiger partial charge in [-0.2, -0.15) is 0 Å². The van der Waals surface area contributed by atoms with Crippen molar-refractivity contribution in [3.63, 3.8) is 0 Å². The second-order valence-electron chi connectivity index (χ2n) is 5.62. The third kappa shape index (κ3) is 2.81. The van der Waals surface area contributed by atoms with Gasteiger partial charge in [-0.05, 0) is 31.4 Å². The largest absolute Gasteiger partial charge is 0.479 e. The number of aliphatic carboxylic acids is 1. The molecule has 2 N–H and O–H groups in total. The summed E-state index contributed by atoms with van der Waals surface area (Å²) < 4.78 is 32.4. The first-order valence-electron chi connectivity index (χ1n) is 7.10. The van der Waals surface area contributed by atoms with Gasteiger partial charge in [0.1, 0.15) is 17.7 Å². The first kappa shape index (κ1) is 14.9. The van der Waals surface area contributed by atoms with Crippen LogP contribution in [0.2, 0.25) is 0 Å². The molecule has 1 saturated heterocycles. The van der Waals surface area contributed by atoms with Gasteiger partial charge in [-0.15, -0.1) is 0 Å². The summed E-state index contributed by atoms with van der Waals surface area (Å²) in [4.78, 5) is 22.8. The molecule has 1 heterocycles. The minimum absolute atomic E-state index is 0.0106. The van der Waals surface area contributed by atoms with Crippen LogP contribution in [0, 0.1) is 11.6 Å². The molecular formula is C15H15F2NO4. The molecule has 1 aromatic rings. The Bertz CT molecular complexity index is 601. The molecule has 118 valence electrons. The molecule has 3 rings (SSSR count). The van der Waals surface area contributed by atoms with Crippen LogP contribution in [-0.2, 0) is 14.3 Å². The smallest absolute Gasteiger partial charge is 0.332 e. The van der Waals surface area contributed by atoms with Crippen molar-refractivity contribution in [3.8, 4) is 0 Å². The van der Waals surface area contributed by atoms with Gasteiger partial charge in [0, 0.05) is 17.5 Å². The van der Waals surface area contributed by atoms with Crippen LogP contribution in [0.15, 0.2) is 18.2 Å². The molecule has 0 bridgehead atoms. The topological polar surface area (TPSA) is 75.6 Å². The summed E-state index contributed by atoms with van der Waals surface area (Å²) in [7, 11) is 0. The van der Waals surface area contributed by atoms with Gasteiger partial charge in [-0.3, -0.25) is 4.79 Å². The second kappa shape index (κ2) is 5.64. The highest BCUT2D eigenvalue weighted by Crippen LogP contribution is 2.43. The summed E-state index contributed by atoms with van der Waals surface area (Å²) >= 11 is 0. The lowest BCUT2D eigenvalue weighted by Gasteiger charge is -2.12. The zero-order valence-corrected chi connectivity index (χ0v) is 11.6. The number of nitrogens with one attached hydrogen (secondary N) is 1. The number of benzene rings is 1. The Morgan fingerprint density at radius 2 is 1.82 bits per heavy atom. The fourth-order valence-corrected chi connectivity index (χ4v) is 2.83. The van der Waals surface area contributed by atoms with Crippen LogP contribution in [0.25, 0.3) is 0 Å². The lowest BCUT2D eigenvalue weighted by atomic mass is 10.1. The van der Waals surface area contributed by atoms with Gasteiger partial charge in [0.05, 0.1) is 0 Å². The Balaban J connectivity index is 1.58. The van der Waals surface area contributed by atoms with Gasteiger partial charge >= 0.3 is 5.97 Å². The van der Waals surface area contributed by atoms with E-state index in [-0.39, 0.29) is 23.9 Å². The van der Waals surface area contributed by atoms with Gasteiger partial charge in [0.15, 0.2) is 6.10 Å². The summed E-state index contributed by atoms with van der Waals surface area (Å²) in [5.41, 5.74) is -0.0106. The van der Waals surface area contributed by atoms with Crippen molar-refractivity contribution >= 4 is 11.9 Å². The standard InChI is InChI=1S/C15H15F2NO4/c16-8-2-1-3-9(17)13(8)7-6-10(7)18-14(19)11-4-5-12(22-11)15(20)21/h1-3,7,10-12H,4-6H2,(H,18,19)(H,20,21)/t7?,10?,11-,12+/m0/s1. The van der Waals surface area contributed by atoms with Crippen LogP contribution in [0.1, 0.15) is 30.7 Å². The van der Waals surface area contributed by atoms with Crippen LogP contribution < -0.4 is 5.32 Å². The average Bonchev–Trinajstić information content (AvgIpc) is 3.02. The van der Waals surface area contributed by atoms with Crippen LogP contribution >= 0.6 is 0 Å². The van der Waals surface area contributed by atoms with E-state index in [4.69, 9.17) is 9.84 Å². The minimum Gasteiger partial charge on any atom is -0.479 e. The second-order valence-corrected chi connectivity index (χ2v) is 5.62. The number of hydrogen-bond acceptors (Lipinski definition) is 3. The number of carbonyl (C=O) groups excluding carboxylic acids is 1. The fraction of sp³-hybridized carbons (Fsp3) is 0.467. The van der Waals surface area contributed by atoms with E-state index in [0.717, 1.165) is 0 Å². The molecule has 1 aromatic carbocycles. The number of ether oxygens (including phenoxy) is 1. The molecule has 0 spiro atoms. The maximum atomic E-state index is 13.7. The fourth-order valence-electron chi connectivity index (χ4n) is 2.83. The first-order chi connectivity index (χ1) is 10.5. The monoisotopic (exact) mass is 311 g/mol. The number of carboxylic acid groups (broad SMARTS) is 1. The zero-order chi connectivity index (χ0) is 15.9. The molecule has 2 aliphatic rings. The number of rotatable bonds is 4. The minimum atomic E-state index is -1.09. The quantitative estimate of drug-likeness (QED) is 0.885. The van der Waals surface area contributed by atoms with E-state index in [1.807, 2.05) is 0 Å². The third-order valence-corrected chi connectivity index (χ3v) is 4.08. The van der Waals surface area contributed by atoms with Crippen LogP contribution in [0.4, 0.5) is 8.78 Å². The maximum absolute atomic E-state index is 13.7. The van der Waals surface area contributed by atoms with E-state index in [1.165, 1.54) is 18.2 Å². The molecule has 1 aliphatic heterocycles. The number of carboxylic acids is 1. The highest BCUT2D eigenvalue weighted by Gasteiger charge is 2.44. The first-order valence-corrected chi connectivity index (χ1v) is 7.10. The maximum Gasteiger partial charge on any atom is 0.332 e. The SMILES string of the molecule is O=C(NC1CC1c1c(F)cccc1F)[C@@H]1CC[C@H](C(=O)O)O1. The van der Waals surface area contributed by atoms with E-state index >= 15 is 0 Å². The zero-order valence-electron chi connectivity index (χ0n) is 11.6. The van der Waals surface area contributed by atoms with Crippen molar-refractivity contribution in [1.29, 1.82) is 0 Å². The van der Waals surface area contributed by atoms with Gasteiger partial charge in [0.2, 0.25) is 5.91 Å². The van der Waals surface area contributed by atoms with Crippen molar-refractivity contribution in [1.82, 2.24) is 5.32 Å². The molecule has 0 aromatic heterocycles. The molecule has 2 unspecified atom stereocenters. The van der Waals surface area contributed by atoms with E-state index in [2.05, 4.69) is 5.32 Å². The molecule has 4 atom stereocenters. The lowest BCUT2D eigenvalue weighted by Crippen LogP contribution is -2.37. The number of amides is 1. The predicted molar refractivity (Wildman–Crippen MR) is 71.2 cm³/mol. The van der Waals surface area contributed by atoms with Crippen molar-refractivity contribution in [2.24, 2.45) is 0 Å². The van der Waals surface area contributed by atoms with E-state index < -0.39 is 35.7 Å². The molecule has 1 saturated carbocycles. The molecule has 0 radical (unpaired) electrons. The van der Waals surface area contributed by atoms with Crippen molar-refractivity contribution in [2.45, 2.75) is 43.4 Å². The Morgan fingerprint density at radius 3 is 2.41 bits per heavy atom. The van der Waals surface area contributed by atoms with Crippen LogP contribution in [-0.4, -0.2) is 35.2 Å². The van der Waals surface area contributed by atoms with E-state index in [9.17, 15) is 18.4 Å². The summed E-state index contributed by atoms with van der Waals surface area (Å²) in [5, 5.41) is 11.5. The van der Waals surface area contributed by atoms with E-state index in [0.29, 0.717) is 12.8 Å². The van der Waals surface area contributed by atoms with E-state index in [1.54, 1.807) is 0 Å². The van der Waals surface area contributed by atoms with Crippen LogP contribution in [0.3, 0.4) is 0 Å². The molecular weight excluding hydrogens is 296 g/mol. The van der Waals surface area contributed by atoms with Crippen LogP contribution in [0.5, 0.6) is 0 Å². The number of halogens is 2. The summed E-state index contributed by atoms with van der Waals surface area (Å²) in [6.07, 6.45) is -0.710. The highest BCUT2D eigenvalue weighted by atomic mass is 19.1. The Morgan fingerprint density at radius 1 is 1.18 bits per heavy atom. The average molecular weight is 311 g/mol. The Labute approximate surface area is 125 Å². The highest BCUT2D eigenvalue weighted by molar-refractivity contribution is 5.83. The van der Waals surface area contributed by atoms with Crippen molar-refractivity contribution in [3.05, 3.63) is 35.4 Å². The van der Waals surface area contributed by atoms with Gasteiger partial charge in [0.25, 0.3) is 0 Å². The molecule has 5 nitrogen and oxygen atoms in total. The van der Waals surface area contributed by atoms with Gasteiger partial charge in [-0.1, -0.05) is 6.07 Å². The molecule has 7 heteroatoms. The summed E-state index contributed by atoms with van der Waals surface area (Å²) in [6, 6.07) is 3.33. The Kier molecular flexibility index (Phi) is 3.82. The summed E-state index contributed by atoms with van der Waals surface area (Å²) in [5.74, 6) is -3.14. The third-order valence-electron chi connectivity index (χ3n) is 4.08. The van der Waals surface area contributed by atoms with Gasteiger partial charge < -0.3 is 15.2 Å². The van der Waals surface area contributed by atoms with Gasteiger partial charge in [-0.25, -0.2) is 13.6 Å². The van der Waals surface area contributed by atoms with Crippen molar-refractivity contribution < 1.29 is 28.2 Å². The number of hydrogen-bond donors (Lipinski definition) is 2. The lowest BCUT2D eigenvalue weighted by molar-refractivity contribution is -0.151. The molecule has 2 fully saturated rings. The predicted octanol–water partition coefficient (Wildman–Crippen LogP) is 1.57. The van der Waals surface area contributed by atoms with Crippen molar-refractivity contribution in [2.75, 3.05) is 0 Å². The normalized spacial score (nSPS) is 30.1. The molecule has 1 aliphatic carbocycles. The number of carbonyl (C=O) groups is 2. The Hall–Kier alpha value is -2.02. The molecule has 22 heavy (non-hydrogen) atoms. The molecule has 1 amide bonds. The summed E-state index contributed by atoms with van der Waals surface area (Å²) in [6.45, 7) is 0.